The van der Waals surface area contributed by atoms with Crippen LogP contribution in [0.2, 0.25) is 0 Å². The van der Waals surface area contributed by atoms with Gasteiger partial charge in [0.2, 0.25) is 10.0 Å². The van der Waals surface area contributed by atoms with Gasteiger partial charge in [0.15, 0.2) is 0 Å². The summed E-state index contributed by atoms with van der Waals surface area (Å²) < 4.78 is 26.6. The van der Waals surface area contributed by atoms with E-state index < -0.39 is 10.0 Å². The van der Waals surface area contributed by atoms with E-state index in [9.17, 15) is 8.42 Å². The molecule has 0 saturated heterocycles. The Hall–Kier alpha value is -1.58. The second-order valence-corrected chi connectivity index (χ2v) is 4.60. The Bertz CT molecular complexity index is 503. The molecule has 0 radical (unpaired) electrons. The minimum atomic E-state index is -3.59. The number of nitrogens with zero attached hydrogens (tertiary/aromatic N) is 1. The minimum absolute atomic E-state index is 0.307. The van der Waals surface area contributed by atoms with Gasteiger partial charge in [-0.25, -0.2) is 13.6 Å². The van der Waals surface area contributed by atoms with Crippen molar-refractivity contribution in [2.75, 3.05) is 7.11 Å². The average Bonchev–Trinajstić information content (AvgIpc) is 2.14. The highest BCUT2D eigenvalue weighted by Gasteiger charge is 2.07. The zero-order chi connectivity index (χ0) is 11.5. The topological polar surface area (TPSA) is 93.2 Å². The standard InChI is InChI=1S/C9H10N2O3S/c1-14-9-3-7(5-10)2-8(4-9)6-15(11,12)13/h2-4H,6H2,1H3,(H2,11,12,13). The lowest BCUT2D eigenvalue weighted by Crippen LogP contribution is -2.14. The predicted octanol–water partition coefficient (Wildman–Crippen LogP) is 0.355. The van der Waals surface area contributed by atoms with E-state index in [4.69, 9.17) is 15.1 Å². The molecule has 5 nitrogen and oxygen atoms in total. The first-order valence-electron chi connectivity index (χ1n) is 4.03. The van der Waals surface area contributed by atoms with Crippen LogP contribution in [0.4, 0.5) is 0 Å². The summed E-state index contributed by atoms with van der Waals surface area (Å²) in [5.41, 5.74) is 0.779. The van der Waals surface area contributed by atoms with Crippen molar-refractivity contribution in [1.82, 2.24) is 0 Å². The zero-order valence-electron chi connectivity index (χ0n) is 8.10. The third-order valence-electron chi connectivity index (χ3n) is 1.70. The van der Waals surface area contributed by atoms with Crippen LogP contribution in [0.5, 0.6) is 5.75 Å². The molecule has 0 aliphatic carbocycles. The highest BCUT2D eigenvalue weighted by Crippen LogP contribution is 2.17. The summed E-state index contributed by atoms with van der Waals surface area (Å²) in [6.45, 7) is 0. The fourth-order valence-corrected chi connectivity index (χ4v) is 1.79. The Morgan fingerprint density at radius 1 is 1.47 bits per heavy atom. The lowest BCUT2D eigenvalue weighted by atomic mass is 10.1. The monoisotopic (exact) mass is 226 g/mol. The maximum atomic E-state index is 10.9. The Labute approximate surface area is 88.1 Å². The molecule has 2 N–H and O–H groups in total. The molecule has 0 unspecified atom stereocenters. The molecule has 80 valence electrons. The van der Waals surface area contributed by atoms with Crippen LogP contribution in [0.25, 0.3) is 0 Å². The molecule has 0 heterocycles. The van der Waals surface area contributed by atoms with Crippen molar-refractivity contribution < 1.29 is 13.2 Å². The second kappa shape index (κ2) is 4.29. The van der Waals surface area contributed by atoms with Crippen molar-refractivity contribution in [1.29, 1.82) is 5.26 Å². The molecule has 0 bridgehead atoms. The smallest absolute Gasteiger partial charge is 0.213 e. The summed E-state index contributed by atoms with van der Waals surface area (Å²) in [5.74, 6) is 0.131. The number of methoxy groups -OCH3 is 1. The molecule has 0 aliphatic heterocycles. The number of hydrogen-bond acceptors (Lipinski definition) is 4. The molecular formula is C9H10N2O3S. The first-order valence-corrected chi connectivity index (χ1v) is 5.74. The number of nitrogens with two attached hydrogens (primary N) is 1. The molecule has 1 aromatic rings. The number of hydrogen-bond donors (Lipinski definition) is 1. The molecule has 0 spiro atoms. The molecule has 6 heteroatoms. The normalized spacial score (nSPS) is 10.7. The first kappa shape index (κ1) is 11.5. The van der Waals surface area contributed by atoms with Crippen molar-refractivity contribution >= 4 is 10.0 Å². The Kier molecular flexibility index (Phi) is 3.29. The van der Waals surface area contributed by atoms with Crippen molar-refractivity contribution in [3.8, 4) is 11.8 Å². The van der Waals surface area contributed by atoms with Crippen molar-refractivity contribution in [3.63, 3.8) is 0 Å². The number of benzene rings is 1. The SMILES string of the molecule is COc1cc(C#N)cc(CS(N)(=O)=O)c1. The molecule has 0 fully saturated rings. The predicted molar refractivity (Wildman–Crippen MR) is 54.5 cm³/mol. The molecule has 0 amide bonds. The third-order valence-corrected chi connectivity index (χ3v) is 2.43. The summed E-state index contributed by atoms with van der Waals surface area (Å²) in [4.78, 5) is 0. The van der Waals surface area contributed by atoms with E-state index in [-0.39, 0.29) is 5.75 Å². The van der Waals surface area contributed by atoms with Crippen LogP contribution < -0.4 is 9.88 Å². The lowest BCUT2D eigenvalue weighted by Gasteiger charge is -2.04. The van der Waals surface area contributed by atoms with Crippen LogP contribution in [0.15, 0.2) is 18.2 Å². The molecule has 15 heavy (non-hydrogen) atoms. The molecule has 1 rings (SSSR count). The minimum Gasteiger partial charge on any atom is -0.497 e. The fraction of sp³-hybridized carbons (Fsp3) is 0.222. The molecule has 0 atom stereocenters. The number of rotatable bonds is 3. The summed E-state index contributed by atoms with van der Waals surface area (Å²) in [7, 11) is -2.15. The van der Waals surface area contributed by atoms with Gasteiger partial charge < -0.3 is 4.74 Å². The Morgan fingerprint density at radius 3 is 2.60 bits per heavy atom. The van der Waals surface area contributed by atoms with Crippen LogP contribution in [0, 0.1) is 11.3 Å². The van der Waals surface area contributed by atoms with Crippen molar-refractivity contribution in [2.24, 2.45) is 5.14 Å². The van der Waals surface area contributed by atoms with Crippen LogP contribution >= 0.6 is 0 Å². The van der Waals surface area contributed by atoms with E-state index in [2.05, 4.69) is 0 Å². The molecule has 0 aliphatic rings. The summed E-state index contributed by atoms with van der Waals surface area (Å²) >= 11 is 0. The first-order chi connectivity index (χ1) is 6.94. The van der Waals surface area contributed by atoms with E-state index in [1.54, 1.807) is 0 Å². The summed E-state index contributed by atoms with van der Waals surface area (Å²) in [5, 5.41) is 13.6. The van der Waals surface area contributed by atoms with Crippen LogP contribution in [0.1, 0.15) is 11.1 Å². The molecular weight excluding hydrogens is 216 g/mol. The zero-order valence-corrected chi connectivity index (χ0v) is 8.91. The van der Waals surface area contributed by atoms with Gasteiger partial charge in [0.1, 0.15) is 5.75 Å². The van der Waals surface area contributed by atoms with Crippen molar-refractivity contribution in [3.05, 3.63) is 29.3 Å². The number of sulfonamides is 1. The van der Waals surface area contributed by atoms with Gasteiger partial charge in [0, 0.05) is 0 Å². The highest BCUT2D eigenvalue weighted by atomic mass is 32.2. The Balaban J connectivity index is 3.14. The molecule has 0 aromatic heterocycles. The number of ether oxygens (including phenoxy) is 1. The van der Waals surface area contributed by atoms with Gasteiger partial charge in [0.05, 0.1) is 24.5 Å². The second-order valence-electron chi connectivity index (χ2n) is 2.99. The van der Waals surface area contributed by atoms with E-state index in [1.807, 2.05) is 6.07 Å². The maximum Gasteiger partial charge on any atom is 0.213 e. The van der Waals surface area contributed by atoms with Gasteiger partial charge in [0.25, 0.3) is 0 Å². The maximum absolute atomic E-state index is 10.9. The van der Waals surface area contributed by atoms with Gasteiger partial charge in [-0.05, 0) is 23.8 Å². The van der Waals surface area contributed by atoms with E-state index >= 15 is 0 Å². The van der Waals surface area contributed by atoms with E-state index in [0.717, 1.165) is 0 Å². The van der Waals surface area contributed by atoms with Gasteiger partial charge in [-0.1, -0.05) is 0 Å². The van der Waals surface area contributed by atoms with Gasteiger partial charge in [-0.15, -0.1) is 0 Å². The van der Waals surface area contributed by atoms with Crippen LogP contribution in [0.3, 0.4) is 0 Å². The summed E-state index contributed by atoms with van der Waals surface area (Å²) in [6, 6.07) is 6.43. The average molecular weight is 226 g/mol. The van der Waals surface area contributed by atoms with Gasteiger partial charge in [-0.3, -0.25) is 0 Å². The van der Waals surface area contributed by atoms with Gasteiger partial charge >= 0.3 is 0 Å². The third kappa shape index (κ3) is 3.58. The summed E-state index contributed by atoms with van der Waals surface area (Å²) in [6.07, 6.45) is 0. The quantitative estimate of drug-likeness (QED) is 0.805. The fourth-order valence-electron chi connectivity index (χ4n) is 1.16. The number of primary sulfonamides is 1. The lowest BCUT2D eigenvalue weighted by molar-refractivity contribution is 0.414. The van der Waals surface area contributed by atoms with Crippen LogP contribution in [-0.2, 0) is 15.8 Å². The largest absolute Gasteiger partial charge is 0.497 e. The molecule has 0 saturated carbocycles. The number of nitriles is 1. The van der Waals surface area contributed by atoms with Crippen molar-refractivity contribution in [2.45, 2.75) is 5.75 Å². The Morgan fingerprint density at radius 2 is 2.13 bits per heavy atom. The van der Waals surface area contributed by atoms with Gasteiger partial charge in [-0.2, -0.15) is 5.26 Å². The van der Waals surface area contributed by atoms with E-state index in [1.165, 1.54) is 25.3 Å². The molecule has 1 aromatic carbocycles. The highest BCUT2D eigenvalue weighted by molar-refractivity contribution is 7.88. The van der Waals surface area contributed by atoms with Crippen LogP contribution in [-0.4, -0.2) is 15.5 Å². The van der Waals surface area contributed by atoms with E-state index in [0.29, 0.717) is 16.9 Å².